The number of fused-ring (bicyclic) bond motifs is 1. The van der Waals surface area contributed by atoms with Gasteiger partial charge in [0.05, 0.1) is 20.4 Å². The van der Waals surface area contributed by atoms with Gasteiger partial charge in [-0.25, -0.2) is 4.98 Å². The van der Waals surface area contributed by atoms with Crippen molar-refractivity contribution >= 4 is 11.5 Å². The van der Waals surface area contributed by atoms with Crippen LogP contribution in [0.15, 0.2) is 61.2 Å². The highest BCUT2D eigenvalue weighted by Gasteiger charge is 2.13. The van der Waals surface area contributed by atoms with Crippen LogP contribution in [-0.4, -0.2) is 40.3 Å². The van der Waals surface area contributed by atoms with Gasteiger partial charge in [0, 0.05) is 30.7 Å². The number of anilines is 1. The Labute approximate surface area is 163 Å². The van der Waals surface area contributed by atoms with Crippen LogP contribution >= 0.6 is 0 Å². The van der Waals surface area contributed by atoms with E-state index in [9.17, 15) is 0 Å². The third kappa shape index (κ3) is 3.46. The Kier molecular flexibility index (Phi) is 5.05. The van der Waals surface area contributed by atoms with E-state index in [1.54, 1.807) is 26.6 Å². The number of aromatic nitrogens is 4. The average molecular weight is 375 g/mol. The Balaban J connectivity index is 1.60. The summed E-state index contributed by atoms with van der Waals surface area (Å²) in [5.74, 6) is 2.25. The summed E-state index contributed by atoms with van der Waals surface area (Å²) in [4.78, 5) is 8.67. The summed E-state index contributed by atoms with van der Waals surface area (Å²) in [5, 5.41) is 7.96. The molecule has 142 valence electrons. The fourth-order valence-electron chi connectivity index (χ4n) is 3.11. The first-order valence-electron chi connectivity index (χ1n) is 8.98. The zero-order valence-corrected chi connectivity index (χ0v) is 15.8. The van der Waals surface area contributed by atoms with E-state index < -0.39 is 0 Å². The van der Waals surface area contributed by atoms with Crippen molar-refractivity contribution in [3.8, 4) is 22.6 Å². The molecule has 28 heavy (non-hydrogen) atoms. The van der Waals surface area contributed by atoms with Crippen molar-refractivity contribution in [2.24, 2.45) is 0 Å². The van der Waals surface area contributed by atoms with Crippen molar-refractivity contribution in [3.63, 3.8) is 0 Å². The second-order valence-electron chi connectivity index (χ2n) is 6.23. The molecular formula is C21H21N5O2. The van der Waals surface area contributed by atoms with Gasteiger partial charge in [-0.1, -0.05) is 12.1 Å². The Morgan fingerprint density at radius 2 is 1.89 bits per heavy atom. The number of methoxy groups -OCH3 is 2. The first kappa shape index (κ1) is 17.8. The predicted molar refractivity (Wildman–Crippen MR) is 108 cm³/mol. The van der Waals surface area contributed by atoms with E-state index in [2.05, 4.69) is 26.4 Å². The largest absolute Gasteiger partial charge is 0.493 e. The molecule has 7 heteroatoms. The number of pyridine rings is 1. The highest BCUT2D eigenvalue weighted by molar-refractivity contribution is 5.79. The van der Waals surface area contributed by atoms with Crippen LogP contribution in [0.4, 0.5) is 5.82 Å². The van der Waals surface area contributed by atoms with Crippen molar-refractivity contribution in [2.75, 3.05) is 26.1 Å². The Hall–Kier alpha value is -3.61. The molecule has 0 aliphatic carbocycles. The van der Waals surface area contributed by atoms with Crippen molar-refractivity contribution in [1.82, 2.24) is 19.6 Å². The fourth-order valence-corrected chi connectivity index (χ4v) is 3.11. The monoisotopic (exact) mass is 375 g/mol. The molecule has 1 N–H and O–H groups in total. The van der Waals surface area contributed by atoms with Crippen molar-refractivity contribution in [3.05, 3.63) is 66.7 Å². The van der Waals surface area contributed by atoms with Gasteiger partial charge in [-0.2, -0.15) is 9.61 Å². The third-order valence-electron chi connectivity index (χ3n) is 4.54. The summed E-state index contributed by atoms with van der Waals surface area (Å²) in [7, 11) is 3.25. The first-order valence-corrected chi connectivity index (χ1v) is 8.98. The average Bonchev–Trinajstić information content (AvgIpc) is 3.19. The van der Waals surface area contributed by atoms with E-state index in [0.717, 1.165) is 35.6 Å². The van der Waals surface area contributed by atoms with Crippen LogP contribution in [-0.2, 0) is 6.42 Å². The molecule has 7 nitrogen and oxygen atoms in total. The van der Waals surface area contributed by atoms with Crippen LogP contribution < -0.4 is 14.8 Å². The molecule has 0 unspecified atom stereocenters. The number of nitrogens with zero attached hydrogens (tertiary/aromatic N) is 4. The minimum absolute atomic E-state index is 0.671. The van der Waals surface area contributed by atoms with Gasteiger partial charge in [-0.15, -0.1) is 0 Å². The van der Waals surface area contributed by atoms with Crippen molar-refractivity contribution in [1.29, 1.82) is 0 Å². The lowest BCUT2D eigenvalue weighted by molar-refractivity contribution is 0.355. The van der Waals surface area contributed by atoms with Gasteiger partial charge < -0.3 is 14.8 Å². The lowest BCUT2D eigenvalue weighted by atomic mass is 10.1. The highest BCUT2D eigenvalue weighted by atomic mass is 16.5. The molecule has 4 rings (SSSR count). The molecule has 0 saturated carbocycles. The molecule has 1 aromatic carbocycles. The zero-order chi connectivity index (χ0) is 19.3. The summed E-state index contributed by atoms with van der Waals surface area (Å²) >= 11 is 0. The number of benzene rings is 1. The molecule has 0 atom stereocenters. The van der Waals surface area contributed by atoms with Gasteiger partial charge in [-0.05, 0) is 41.8 Å². The van der Waals surface area contributed by atoms with E-state index >= 15 is 0 Å². The molecule has 3 heterocycles. The Morgan fingerprint density at radius 3 is 2.68 bits per heavy atom. The van der Waals surface area contributed by atoms with E-state index in [1.807, 2.05) is 47.2 Å². The number of nitrogens with one attached hydrogen (secondary N) is 1. The maximum absolute atomic E-state index is 5.42. The molecule has 0 aliphatic rings. The number of rotatable bonds is 7. The lowest BCUT2D eigenvalue weighted by Gasteiger charge is -2.10. The summed E-state index contributed by atoms with van der Waals surface area (Å²) < 4.78 is 12.6. The summed E-state index contributed by atoms with van der Waals surface area (Å²) in [6.45, 7) is 0.774. The molecule has 0 aliphatic heterocycles. The molecule has 0 amide bonds. The molecule has 0 spiro atoms. The number of hydrogen-bond donors (Lipinski definition) is 1. The smallest absolute Gasteiger partial charge is 0.165 e. The normalized spacial score (nSPS) is 10.8. The van der Waals surface area contributed by atoms with Crippen LogP contribution in [0.25, 0.3) is 16.8 Å². The molecule has 0 radical (unpaired) electrons. The van der Waals surface area contributed by atoms with Crippen LogP contribution in [0.3, 0.4) is 0 Å². The predicted octanol–water partition coefficient (Wildman–Crippen LogP) is 3.46. The van der Waals surface area contributed by atoms with Crippen LogP contribution in [0.5, 0.6) is 11.5 Å². The van der Waals surface area contributed by atoms with Gasteiger partial charge in [0.15, 0.2) is 17.1 Å². The maximum Gasteiger partial charge on any atom is 0.165 e. The third-order valence-corrected chi connectivity index (χ3v) is 4.54. The molecule has 0 fully saturated rings. The maximum atomic E-state index is 5.42. The van der Waals surface area contributed by atoms with Gasteiger partial charge in [0.2, 0.25) is 0 Å². The standard InChI is InChI=1S/C21H21N5O2/c1-27-18-6-5-16(12-19(18)28-2)17-14-25-26-20(8-11-24-21(17)26)23-10-7-15-4-3-9-22-13-15/h3-6,8-9,11-14,23H,7,10H2,1-2H3. The van der Waals surface area contributed by atoms with Crippen LogP contribution in [0.1, 0.15) is 5.56 Å². The van der Waals surface area contributed by atoms with Gasteiger partial charge in [-0.3, -0.25) is 4.98 Å². The Bertz CT molecular complexity index is 1080. The van der Waals surface area contributed by atoms with Gasteiger partial charge >= 0.3 is 0 Å². The molecule has 0 saturated heterocycles. The second kappa shape index (κ2) is 7.96. The molecule has 4 aromatic rings. The van der Waals surface area contributed by atoms with E-state index in [0.29, 0.717) is 11.5 Å². The molecule has 3 aromatic heterocycles. The first-order chi connectivity index (χ1) is 13.8. The molecular weight excluding hydrogens is 354 g/mol. The quantitative estimate of drug-likeness (QED) is 0.533. The van der Waals surface area contributed by atoms with E-state index in [1.165, 1.54) is 5.56 Å². The zero-order valence-electron chi connectivity index (χ0n) is 15.8. The highest BCUT2D eigenvalue weighted by Crippen LogP contribution is 2.33. The molecule has 0 bridgehead atoms. The number of ether oxygens (including phenoxy) is 2. The number of hydrogen-bond acceptors (Lipinski definition) is 6. The topological polar surface area (TPSA) is 73.6 Å². The van der Waals surface area contributed by atoms with Crippen molar-refractivity contribution in [2.45, 2.75) is 6.42 Å². The van der Waals surface area contributed by atoms with Crippen molar-refractivity contribution < 1.29 is 9.47 Å². The van der Waals surface area contributed by atoms with Gasteiger partial charge in [0.25, 0.3) is 0 Å². The van der Waals surface area contributed by atoms with Crippen LogP contribution in [0.2, 0.25) is 0 Å². The fraction of sp³-hybridized carbons (Fsp3) is 0.190. The van der Waals surface area contributed by atoms with E-state index in [4.69, 9.17) is 9.47 Å². The summed E-state index contributed by atoms with van der Waals surface area (Å²) in [6, 6.07) is 11.7. The van der Waals surface area contributed by atoms with Gasteiger partial charge in [0.1, 0.15) is 5.82 Å². The summed E-state index contributed by atoms with van der Waals surface area (Å²) in [5.41, 5.74) is 3.86. The van der Waals surface area contributed by atoms with E-state index in [-0.39, 0.29) is 0 Å². The SMILES string of the molecule is COc1ccc(-c2cnn3c(NCCc4cccnc4)ccnc23)cc1OC. The van der Waals surface area contributed by atoms with Crippen LogP contribution in [0, 0.1) is 0 Å². The lowest BCUT2D eigenvalue weighted by Crippen LogP contribution is -2.09. The second-order valence-corrected chi connectivity index (χ2v) is 6.23. The minimum Gasteiger partial charge on any atom is -0.493 e. The minimum atomic E-state index is 0.671. The summed E-state index contributed by atoms with van der Waals surface area (Å²) in [6.07, 6.45) is 8.14. The Morgan fingerprint density at radius 1 is 1.00 bits per heavy atom.